The van der Waals surface area contributed by atoms with Crippen LogP contribution in [0.5, 0.6) is 0 Å². The molecule has 0 aromatic rings. The largest absolute Gasteiger partial charge is 0.0533 e. The van der Waals surface area contributed by atoms with Gasteiger partial charge < -0.3 is 0 Å². The fourth-order valence-corrected chi connectivity index (χ4v) is 4.16. The van der Waals surface area contributed by atoms with Gasteiger partial charge in [-0.15, -0.1) is 0 Å². The average molecular weight is 236 g/mol. The first-order valence-corrected chi connectivity index (χ1v) is 8.41. The van der Waals surface area contributed by atoms with E-state index in [0.29, 0.717) is 0 Å². The standard InChI is InChI=1S/C17H32/c1-2-5-9-13-17(14-10-6-3-1)15-11-7-4-8-12-16-17/h1-16H2. The first kappa shape index (κ1) is 13.4. The molecule has 2 aliphatic carbocycles. The lowest BCUT2D eigenvalue weighted by Gasteiger charge is -2.36. The molecular weight excluding hydrogens is 204 g/mol. The lowest BCUT2D eigenvalue weighted by atomic mass is 9.69. The molecule has 0 atom stereocenters. The summed E-state index contributed by atoms with van der Waals surface area (Å²) in [6, 6.07) is 0. The highest BCUT2D eigenvalue weighted by Gasteiger charge is 2.29. The highest BCUT2D eigenvalue weighted by molar-refractivity contribution is 4.81. The molecule has 100 valence electrons. The molecule has 0 aliphatic heterocycles. The Kier molecular flexibility index (Phi) is 5.88. The second kappa shape index (κ2) is 7.44. The minimum atomic E-state index is 0.789. The van der Waals surface area contributed by atoms with Gasteiger partial charge in [-0.25, -0.2) is 0 Å². The Hall–Kier alpha value is 0. The molecule has 0 heteroatoms. The van der Waals surface area contributed by atoms with Crippen LogP contribution in [0.2, 0.25) is 0 Å². The summed E-state index contributed by atoms with van der Waals surface area (Å²) in [5.74, 6) is 0. The van der Waals surface area contributed by atoms with Crippen LogP contribution in [-0.2, 0) is 0 Å². The Labute approximate surface area is 109 Å². The Morgan fingerprint density at radius 2 is 0.529 bits per heavy atom. The van der Waals surface area contributed by atoms with Crippen molar-refractivity contribution in [2.75, 3.05) is 0 Å². The molecule has 0 saturated heterocycles. The molecule has 0 aromatic carbocycles. The molecule has 0 aromatic heterocycles. The summed E-state index contributed by atoms with van der Waals surface area (Å²) >= 11 is 0. The minimum absolute atomic E-state index is 0.789. The first-order chi connectivity index (χ1) is 8.41. The first-order valence-electron chi connectivity index (χ1n) is 8.41. The van der Waals surface area contributed by atoms with E-state index in [-0.39, 0.29) is 0 Å². The number of hydrogen-bond acceptors (Lipinski definition) is 0. The van der Waals surface area contributed by atoms with Gasteiger partial charge in [0.05, 0.1) is 0 Å². The van der Waals surface area contributed by atoms with Gasteiger partial charge in [-0.2, -0.15) is 0 Å². The molecule has 2 aliphatic rings. The van der Waals surface area contributed by atoms with E-state index < -0.39 is 0 Å². The third-order valence-corrected chi connectivity index (χ3v) is 5.33. The van der Waals surface area contributed by atoms with Crippen LogP contribution in [0.3, 0.4) is 0 Å². The molecule has 0 N–H and O–H groups in total. The molecule has 2 rings (SSSR count). The summed E-state index contributed by atoms with van der Waals surface area (Å²) in [6.07, 6.45) is 24.5. The number of hydrogen-bond donors (Lipinski definition) is 0. The SMILES string of the molecule is C1CCCCC2(CCCC1)CCCCCCC2. The zero-order chi connectivity index (χ0) is 11.8. The summed E-state index contributed by atoms with van der Waals surface area (Å²) in [5, 5.41) is 0. The summed E-state index contributed by atoms with van der Waals surface area (Å²) < 4.78 is 0. The Balaban J connectivity index is 1.90. The van der Waals surface area contributed by atoms with E-state index in [4.69, 9.17) is 0 Å². The maximum atomic E-state index is 1.56. The zero-order valence-electron chi connectivity index (χ0n) is 11.8. The molecule has 2 saturated carbocycles. The van der Waals surface area contributed by atoms with Crippen molar-refractivity contribution in [2.45, 2.75) is 103 Å². The molecule has 17 heavy (non-hydrogen) atoms. The van der Waals surface area contributed by atoms with Crippen molar-refractivity contribution >= 4 is 0 Å². The molecule has 1 spiro atoms. The van der Waals surface area contributed by atoms with E-state index in [9.17, 15) is 0 Å². The normalized spacial score (nSPS) is 28.2. The van der Waals surface area contributed by atoms with E-state index >= 15 is 0 Å². The van der Waals surface area contributed by atoms with Crippen LogP contribution < -0.4 is 0 Å². The summed E-state index contributed by atoms with van der Waals surface area (Å²) in [4.78, 5) is 0. The fraction of sp³-hybridized carbons (Fsp3) is 1.00. The van der Waals surface area contributed by atoms with Crippen LogP contribution >= 0.6 is 0 Å². The fourth-order valence-electron chi connectivity index (χ4n) is 4.16. The number of rotatable bonds is 0. The lowest BCUT2D eigenvalue weighted by molar-refractivity contribution is 0.160. The predicted octanol–water partition coefficient (Wildman–Crippen LogP) is 6.24. The van der Waals surface area contributed by atoms with Crippen molar-refractivity contribution < 1.29 is 0 Å². The van der Waals surface area contributed by atoms with E-state index in [2.05, 4.69) is 0 Å². The van der Waals surface area contributed by atoms with Crippen molar-refractivity contribution in [1.82, 2.24) is 0 Å². The second-order valence-corrected chi connectivity index (χ2v) is 6.74. The zero-order valence-corrected chi connectivity index (χ0v) is 11.8. The molecular formula is C17H32. The van der Waals surface area contributed by atoms with Gasteiger partial charge >= 0.3 is 0 Å². The molecule has 0 unspecified atom stereocenters. The average Bonchev–Trinajstić information content (AvgIpc) is 2.32. The highest BCUT2D eigenvalue weighted by atomic mass is 14.3. The van der Waals surface area contributed by atoms with Crippen molar-refractivity contribution in [3.8, 4) is 0 Å². The van der Waals surface area contributed by atoms with Gasteiger partial charge in [0.25, 0.3) is 0 Å². The Morgan fingerprint density at radius 3 is 0.824 bits per heavy atom. The topological polar surface area (TPSA) is 0 Å². The Morgan fingerprint density at radius 1 is 0.294 bits per heavy atom. The van der Waals surface area contributed by atoms with Crippen LogP contribution in [0, 0.1) is 5.41 Å². The summed E-state index contributed by atoms with van der Waals surface area (Å²) in [7, 11) is 0. The smallest absolute Gasteiger partial charge is 0.0297 e. The molecule has 2 fully saturated rings. The quantitative estimate of drug-likeness (QED) is 0.467. The molecule has 0 radical (unpaired) electrons. The van der Waals surface area contributed by atoms with Gasteiger partial charge in [0, 0.05) is 0 Å². The van der Waals surface area contributed by atoms with Gasteiger partial charge in [0.2, 0.25) is 0 Å². The van der Waals surface area contributed by atoms with Crippen LogP contribution in [0.15, 0.2) is 0 Å². The molecule has 0 heterocycles. The van der Waals surface area contributed by atoms with E-state index in [1.807, 2.05) is 0 Å². The monoisotopic (exact) mass is 236 g/mol. The van der Waals surface area contributed by atoms with Crippen molar-refractivity contribution in [3.63, 3.8) is 0 Å². The third-order valence-electron chi connectivity index (χ3n) is 5.33. The van der Waals surface area contributed by atoms with Gasteiger partial charge in [-0.3, -0.25) is 0 Å². The van der Waals surface area contributed by atoms with Gasteiger partial charge in [0.15, 0.2) is 0 Å². The summed E-state index contributed by atoms with van der Waals surface area (Å²) in [5.41, 5.74) is 0.789. The van der Waals surface area contributed by atoms with Crippen LogP contribution in [0.25, 0.3) is 0 Å². The second-order valence-electron chi connectivity index (χ2n) is 6.74. The minimum Gasteiger partial charge on any atom is -0.0533 e. The van der Waals surface area contributed by atoms with Crippen LogP contribution in [0.1, 0.15) is 103 Å². The van der Waals surface area contributed by atoms with Crippen molar-refractivity contribution in [1.29, 1.82) is 0 Å². The van der Waals surface area contributed by atoms with Gasteiger partial charge in [0.1, 0.15) is 0 Å². The maximum Gasteiger partial charge on any atom is -0.0297 e. The maximum absolute atomic E-state index is 1.56. The van der Waals surface area contributed by atoms with Crippen LogP contribution in [0.4, 0.5) is 0 Å². The lowest BCUT2D eigenvalue weighted by Crippen LogP contribution is -2.22. The van der Waals surface area contributed by atoms with E-state index in [1.54, 1.807) is 25.7 Å². The highest BCUT2D eigenvalue weighted by Crippen LogP contribution is 2.43. The summed E-state index contributed by atoms with van der Waals surface area (Å²) in [6.45, 7) is 0. The van der Waals surface area contributed by atoms with Gasteiger partial charge in [-0.1, -0.05) is 77.0 Å². The molecule has 0 bridgehead atoms. The molecule has 0 nitrogen and oxygen atoms in total. The van der Waals surface area contributed by atoms with E-state index in [1.165, 1.54) is 77.0 Å². The van der Waals surface area contributed by atoms with Crippen molar-refractivity contribution in [2.24, 2.45) is 5.41 Å². The van der Waals surface area contributed by atoms with E-state index in [0.717, 1.165) is 5.41 Å². The third kappa shape index (κ3) is 4.64. The van der Waals surface area contributed by atoms with Crippen LogP contribution in [-0.4, -0.2) is 0 Å². The van der Waals surface area contributed by atoms with Crippen molar-refractivity contribution in [3.05, 3.63) is 0 Å². The molecule has 0 amide bonds. The van der Waals surface area contributed by atoms with Gasteiger partial charge in [-0.05, 0) is 31.1 Å². The Bertz CT molecular complexity index is 174. The predicted molar refractivity (Wildman–Crippen MR) is 76.3 cm³/mol.